The molecular formula is C12H13N3O3. The van der Waals surface area contributed by atoms with Crippen molar-refractivity contribution in [2.45, 2.75) is 13.5 Å². The molecule has 0 amide bonds. The maximum Gasteiger partial charge on any atom is 0.350 e. The molecule has 0 fully saturated rings. The number of aromatic nitrogens is 3. The van der Waals surface area contributed by atoms with Crippen LogP contribution in [0.5, 0.6) is 0 Å². The molecule has 0 unspecified atom stereocenters. The van der Waals surface area contributed by atoms with Gasteiger partial charge in [0.15, 0.2) is 5.65 Å². The number of rotatable bonds is 4. The number of hydrogen-bond acceptors (Lipinski definition) is 4. The Morgan fingerprint density at radius 2 is 2.28 bits per heavy atom. The Hall–Kier alpha value is -2.37. The van der Waals surface area contributed by atoms with Gasteiger partial charge in [-0.1, -0.05) is 12.6 Å². The standard InChI is InChI=1S/C12H13N3O3/c1-3-18-11(16)9(2)8-15-12(17)14-7-5-4-6-10(14)13-15/h4-7H,2-3,8H2,1H3. The number of pyridine rings is 1. The number of carbonyl (C=O) groups excluding carboxylic acids is 1. The van der Waals surface area contributed by atoms with Crippen LogP contribution in [0.25, 0.3) is 5.65 Å². The molecule has 0 aromatic carbocycles. The molecule has 0 aliphatic rings. The van der Waals surface area contributed by atoms with Crippen LogP contribution in [0.1, 0.15) is 6.92 Å². The van der Waals surface area contributed by atoms with Gasteiger partial charge in [-0.05, 0) is 19.1 Å². The molecule has 6 nitrogen and oxygen atoms in total. The van der Waals surface area contributed by atoms with Crippen LogP contribution in [-0.2, 0) is 16.1 Å². The fraction of sp³-hybridized carbons (Fsp3) is 0.250. The first-order chi connectivity index (χ1) is 8.63. The van der Waals surface area contributed by atoms with Crippen molar-refractivity contribution >= 4 is 11.6 Å². The first-order valence-electron chi connectivity index (χ1n) is 5.52. The van der Waals surface area contributed by atoms with Crippen molar-refractivity contribution in [1.82, 2.24) is 14.2 Å². The number of fused-ring (bicyclic) bond motifs is 1. The molecule has 0 saturated heterocycles. The molecule has 94 valence electrons. The summed E-state index contributed by atoms with van der Waals surface area (Å²) in [7, 11) is 0. The van der Waals surface area contributed by atoms with E-state index in [1.807, 2.05) is 0 Å². The number of ether oxygens (including phenoxy) is 1. The molecule has 0 spiro atoms. The van der Waals surface area contributed by atoms with Crippen molar-refractivity contribution < 1.29 is 9.53 Å². The smallest absolute Gasteiger partial charge is 0.350 e. The zero-order valence-corrected chi connectivity index (χ0v) is 10.00. The third-order valence-corrected chi connectivity index (χ3v) is 2.39. The molecule has 2 rings (SSSR count). The highest BCUT2D eigenvalue weighted by atomic mass is 16.5. The first-order valence-corrected chi connectivity index (χ1v) is 5.52. The lowest BCUT2D eigenvalue weighted by atomic mass is 10.3. The van der Waals surface area contributed by atoms with Gasteiger partial charge in [-0.3, -0.25) is 4.40 Å². The van der Waals surface area contributed by atoms with Crippen LogP contribution >= 0.6 is 0 Å². The van der Waals surface area contributed by atoms with Crippen molar-refractivity contribution in [2.75, 3.05) is 6.61 Å². The average molecular weight is 247 g/mol. The summed E-state index contributed by atoms with van der Waals surface area (Å²) in [4.78, 5) is 23.3. The van der Waals surface area contributed by atoms with Gasteiger partial charge in [-0.2, -0.15) is 0 Å². The van der Waals surface area contributed by atoms with E-state index in [1.54, 1.807) is 31.3 Å². The normalized spacial score (nSPS) is 10.5. The number of carbonyl (C=O) groups is 1. The molecule has 0 radical (unpaired) electrons. The molecule has 2 aromatic rings. The highest BCUT2D eigenvalue weighted by molar-refractivity contribution is 5.87. The maximum atomic E-state index is 11.9. The minimum absolute atomic E-state index is 0.0271. The molecular weight excluding hydrogens is 234 g/mol. The topological polar surface area (TPSA) is 65.6 Å². The van der Waals surface area contributed by atoms with Crippen LogP contribution in [0.2, 0.25) is 0 Å². The van der Waals surface area contributed by atoms with Crippen molar-refractivity contribution in [3.8, 4) is 0 Å². The minimum Gasteiger partial charge on any atom is -0.463 e. The van der Waals surface area contributed by atoms with E-state index in [0.717, 1.165) is 0 Å². The number of hydrogen-bond donors (Lipinski definition) is 0. The Kier molecular flexibility index (Phi) is 3.27. The molecule has 0 bridgehead atoms. The monoisotopic (exact) mass is 247 g/mol. The van der Waals surface area contributed by atoms with Crippen LogP contribution < -0.4 is 5.69 Å². The van der Waals surface area contributed by atoms with Gasteiger partial charge in [0.25, 0.3) is 0 Å². The molecule has 2 heterocycles. The number of nitrogens with zero attached hydrogens (tertiary/aromatic N) is 3. The van der Waals surface area contributed by atoms with Crippen molar-refractivity contribution in [3.05, 3.63) is 47.0 Å². The summed E-state index contributed by atoms with van der Waals surface area (Å²) < 4.78 is 7.39. The average Bonchev–Trinajstić information content (AvgIpc) is 2.67. The lowest BCUT2D eigenvalue weighted by Gasteiger charge is -2.03. The molecule has 0 atom stereocenters. The molecule has 0 N–H and O–H groups in total. The van der Waals surface area contributed by atoms with Crippen LogP contribution in [-0.4, -0.2) is 26.8 Å². The SMILES string of the molecule is C=C(Cn1nc2ccccn2c1=O)C(=O)OCC. The first kappa shape index (κ1) is 12.1. The van der Waals surface area contributed by atoms with Gasteiger partial charge in [-0.15, -0.1) is 5.10 Å². The second kappa shape index (κ2) is 4.87. The lowest BCUT2D eigenvalue weighted by molar-refractivity contribution is -0.138. The number of esters is 1. The maximum absolute atomic E-state index is 11.9. The molecule has 18 heavy (non-hydrogen) atoms. The fourth-order valence-corrected chi connectivity index (χ4v) is 1.55. The Bertz CT molecular complexity index is 654. The second-order valence-corrected chi connectivity index (χ2v) is 3.69. The van der Waals surface area contributed by atoms with Gasteiger partial charge in [0, 0.05) is 6.20 Å². The highest BCUT2D eigenvalue weighted by Crippen LogP contribution is 2.00. The van der Waals surface area contributed by atoms with E-state index in [9.17, 15) is 9.59 Å². The summed E-state index contributed by atoms with van der Waals surface area (Å²) >= 11 is 0. The van der Waals surface area contributed by atoms with E-state index in [2.05, 4.69) is 11.7 Å². The Balaban J connectivity index is 2.27. The molecule has 0 aliphatic heterocycles. The van der Waals surface area contributed by atoms with Crippen molar-refractivity contribution in [2.24, 2.45) is 0 Å². The summed E-state index contributed by atoms with van der Waals surface area (Å²) in [5.74, 6) is -0.513. The van der Waals surface area contributed by atoms with Gasteiger partial charge in [0.1, 0.15) is 0 Å². The van der Waals surface area contributed by atoms with Gasteiger partial charge in [0.05, 0.1) is 18.7 Å². The highest BCUT2D eigenvalue weighted by Gasteiger charge is 2.12. The summed E-state index contributed by atoms with van der Waals surface area (Å²) in [5, 5.41) is 4.09. The van der Waals surface area contributed by atoms with Crippen LogP contribution in [0.4, 0.5) is 0 Å². The Labute approximate surface area is 103 Å². The third-order valence-electron chi connectivity index (χ3n) is 2.39. The van der Waals surface area contributed by atoms with E-state index < -0.39 is 5.97 Å². The van der Waals surface area contributed by atoms with Crippen LogP contribution in [0.15, 0.2) is 41.3 Å². The van der Waals surface area contributed by atoms with Crippen LogP contribution in [0, 0.1) is 0 Å². The summed E-state index contributed by atoms with van der Waals surface area (Å²) in [6.07, 6.45) is 1.62. The van der Waals surface area contributed by atoms with Crippen LogP contribution in [0.3, 0.4) is 0 Å². The van der Waals surface area contributed by atoms with Gasteiger partial charge in [-0.25, -0.2) is 14.3 Å². The molecule has 2 aromatic heterocycles. The Morgan fingerprint density at radius 3 is 2.94 bits per heavy atom. The van der Waals surface area contributed by atoms with E-state index in [0.29, 0.717) is 5.65 Å². The zero-order valence-electron chi connectivity index (χ0n) is 10.00. The van der Waals surface area contributed by atoms with Gasteiger partial charge >= 0.3 is 11.7 Å². The van der Waals surface area contributed by atoms with E-state index in [-0.39, 0.29) is 24.4 Å². The van der Waals surface area contributed by atoms with E-state index in [4.69, 9.17) is 4.74 Å². The van der Waals surface area contributed by atoms with Crippen molar-refractivity contribution in [1.29, 1.82) is 0 Å². The molecule has 6 heteroatoms. The van der Waals surface area contributed by atoms with E-state index >= 15 is 0 Å². The van der Waals surface area contributed by atoms with Gasteiger partial charge in [0.2, 0.25) is 0 Å². The fourth-order valence-electron chi connectivity index (χ4n) is 1.55. The largest absolute Gasteiger partial charge is 0.463 e. The minimum atomic E-state index is -0.513. The predicted octanol–water partition coefficient (Wildman–Crippen LogP) is 0.615. The summed E-state index contributed by atoms with van der Waals surface area (Å²) in [6.45, 7) is 5.61. The summed E-state index contributed by atoms with van der Waals surface area (Å²) in [5.41, 5.74) is 0.414. The lowest BCUT2D eigenvalue weighted by Crippen LogP contribution is -2.24. The summed E-state index contributed by atoms with van der Waals surface area (Å²) in [6, 6.07) is 5.23. The van der Waals surface area contributed by atoms with Gasteiger partial charge < -0.3 is 4.74 Å². The van der Waals surface area contributed by atoms with Crippen molar-refractivity contribution in [3.63, 3.8) is 0 Å². The molecule has 0 aliphatic carbocycles. The van der Waals surface area contributed by atoms with E-state index in [1.165, 1.54) is 9.08 Å². The quantitative estimate of drug-likeness (QED) is 0.586. The second-order valence-electron chi connectivity index (χ2n) is 3.69. The third kappa shape index (κ3) is 2.17. The molecule has 0 saturated carbocycles. The zero-order chi connectivity index (χ0) is 13.1. The Morgan fingerprint density at radius 1 is 1.50 bits per heavy atom. The predicted molar refractivity (Wildman–Crippen MR) is 65.2 cm³/mol.